The van der Waals surface area contributed by atoms with E-state index in [-0.39, 0.29) is 17.2 Å². The summed E-state index contributed by atoms with van der Waals surface area (Å²) in [4.78, 5) is 16.0. The Morgan fingerprint density at radius 1 is 1.26 bits per heavy atom. The van der Waals surface area contributed by atoms with Crippen molar-refractivity contribution >= 4 is 23.3 Å². The number of esters is 1. The number of carbonyl (C=O) groups excluding carboxylic acids is 1. The second-order valence-electron chi connectivity index (χ2n) is 3.92. The number of carbonyl (C=O) groups is 1. The van der Waals surface area contributed by atoms with Gasteiger partial charge in [0.15, 0.2) is 0 Å². The number of rotatable bonds is 4. The third-order valence-electron chi connectivity index (χ3n) is 2.57. The summed E-state index contributed by atoms with van der Waals surface area (Å²) in [6.45, 7) is 0.251. The summed E-state index contributed by atoms with van der Waals surface area (Å²) in [6.07, 6.45) is 2.26. The SMILES string of the molecule is Nc1cccc(C(=O)OCCc2ccccn2)c1Cl. The zero-order chi connectivity index (χ0) is 13.7. The van der Waals surface area contributed by atoms with E-state index in [1.165, 1.54) is 0 Å². The van der Waals surface area contributed by atoms with E-state index in [9.17, 15) is 4.79 Å². The summed E-state index contributed by atoms with van der Waals surface area (Å²) in [7, 11) is 0. The lowest BCUT2D eigenvalue weighted by molar-refractivity contribution is 0.0508. The minimum atomic E-state index is -0.478. The molecule has 19 heavy (non-hydrogen) atoms. The number of nitrogens with two attached hydrogens (primary N) is 1. The molecule has 1 aromatic carbocycles. The van der Waals surface area contributed by atoms with Crippen molar-refractivity contribution in [1.29, 1.82) is 0 Å². The quantitative estimate of drug-likeness (QED) is 0.689. The minimum Gasteiger partial charge on any atom is -0.462 e. The van der Waals surface area contributed by atoms with Crippen molar-refractivity contribution in [3.63, 3.8) is 0 Å². The normalized spacial score (nSPS) is 10.2. The van der Waals surface area contributed by atoms with Crippen LogP contribution in [0.15, 0.2) is 42.6 Å². The molecule has 0 saturated carbocycles. The molecule has 0 aliphatic carbocycles. The highest BCUT2D eigenvalue weighted by atomic mass is 35.5. The summed E-state index contributed by atoms with van der Waals surface area (Å²) < 4.78 is 5.15. The summed E-state index contributed by atoms with van der Waals surface area (Å²) in [5, 5.41) is 0.227. The van der Waals surface area contributed by atoms with E-state index < -0.39 is 5.97 Å². The van der Waals surface area contributed by atoms with Crippen molar-refractivity contribution < 1.29 is 9.53 Å². The number of anilines is 1. The van der Waals surface area contributed by atoms with Crippen LogP contribution in [0.1, 0.15) is 16.1 Å². The highest BCUT2D eigenvalue weighted by molar-refractivity contribution is 6.36. The first kappa shape index (κ1) is 13.4. The molecule has 1 heterocycles. The van der Waals surface area contributed by atoms with Gasteiger partial charge in [0, 0.05) is 18.3 Å². The molecule has 0 amide bonds. The van der Waals surface area contributed by atoms with E-state index in [1.807, 2.05) is 18.2 Å². The van der Waals surface area contributed by atoms with Gasteiger partial charge in [-0.3, -0.25) is 4.98 Å². The maximum absolute atomic E-state index is 11.8. The van der Waals surface area contributed by atoms with Gasteiger partial charge in [-0.25, -0.2) is 4.79 Å². The van der Waals surface area contributed by atoms with Crippen LogP contribution in [0.3, 0.4) is 0 Å². The van der Waals surface area contributed by atoms with Crippen LogP contribution in [-0.2, 0) is 11.2 Å². The van der Waals surface area contributed by atoms with Crippen LogP contribution in [0.2, 0.25) is 5.02 Å². The number of pyridine rings is 1. The number of halogens is 1. The second kappa shape index (κ2) is 6.20. The van der Waals surface area contributed by atoms with Crippen LogP contribution in [0.4, 0.5) is 5.69 Å². The standard InChI is InChI=1S/C14H13ClN2O2/c15-13-11(5-3-6-12(13)16)14(18)19-9-7-10-4-1-2-8-17-10/h1-6,8H,7,9,16H2. The van der Waals surface area contributed by atoms with E-state index in [1.54, 1.807) is 24.4 Å². The zero-order valence-corrected chi connectivity index (χ0v) is 10.9. The zero-order valence-electron chi connectivity index (χ0n) is 10.2. The number of hydrogen-bond acceptors (Lipinski definition) is 4. The molecule has 98 valence electrons. The molecule has 4 nitrogen and oxygen atoms in total. The van der Waals surface area contributed by atoms with Crippen LogP contribution in [0, 0.1) is 0 Å². The highest BCUT2D eigenvalue weighted by Gasteiger charge is 2.13. The van der Waals surface area contributed by atoms with Gasteiger partial charge in [-0.05, 0) is 24.3 Å². The minimum absolute atomic E-state index is 0.227. The monoisotopic (exact) mass is 276 g/mol. The number of ether oxygens (including phenoxy) is 1. The molecule has 0 atom stereocenters. The lowest BCUT2D eigenvalue weighted by Crippen LogP contribution is -2.10. The number of aromatic nitrogens is 1. The predicted molar refractivity (Wildman–Crippen MR) is 74.1 cm³/mol. The topological polar surface area (TPSA) is 65.2 Å². The third-order valence-corrected chi connectivity index (χ3v) is 2.99. The van der Waals surface area contributed by atoms with Crippen LogP contribution in [0.5, 0.6) is 0 Å². The first-order valence-corrected chi connectivity index (χ1v) is 6.17. The van der Waals surface area contributed by atoms with E-state index in [4.69, 9.17) is 22.1 Å². The molecule has 2 N–H and O–H groups in total. The van der Waals surface area contributed by atoms with E-state index in [0.29, 0.717) is 12.1 Å². The van der Waals surface area contributed by atoms with Gasteiger partial charge in [0.1, 0.15) is 0 Å². The Morgan fingerprint density at radius 2 is 2.11 bits per heavy atom. The highest BCUT2D eigenvalue weighted by Crippen LogP contribution is 2.23. The molecule has 5 heteroatoms. The number of nitrogens with zero attached hydrogens (tertiary/aromatic N) is 1. The van der Waals surface area contributed by atoms with Crippen LogP contribution in [-0.4, -0.2) is 17.6 Å². The second-order valence-corrected chi connectivity index (χ2v) is 4.29. The smallest absolute Gasteiger partial charge is 0.339 e. The first-order valence-electron chi connectivity index (χ1n) is 5.79. The molecule has 0 fully saturated rings. The van der Waals surface area contributed by atoms with E-state index in [0.717, 1.165) is 5.69 Å². The lowest BCUT2D eigenvalue weighted by atomic mass is 10.2. The van der Waals surface area contributed by atoms with Gasteiger partial charge in [-0.2, -0.15) is 0 Å². The summed E-state index contributed by atoms with van der Waals surface area (Å²) >= 11 is 5.95. The lowest BCUT2D eigenvalue weighted by Gasteiger charge is -2.07. The number of benzene rings is 1. The van der Waals surface area contributed by atoms with Crippen LogP contribution < -0.4 is 5.73 Å². The molecule has 0 aliphatic rings. The molecule has 0 aliphatic heterocycles. The van der Waals surface area contributed by atoms with Crippen LogP contribution in [0.25, 0.3) is 0 Å². The molecule has 0 unspecified atom stereocenters. The van der Waals surface area contributed by atoms with Crippen molar-refractivity contribution in [3.05, 3.63) is 58.9 Å². The fourth-order valence-electron chi connectivity index (χ4n) is 1.58. The molecular formula is C14H13ClN2O2. The average Bonchev–Trinajstić information content (AvgIpc) is 2.43. The Balaban J connectivity index is 1.93. The van der Waals surface area contributed by atoms with Gasteiger partial charge in [0.05, 0.1) is 22.9 Å². The van der Waals surface area contributed by atoms with Gasteiger partial charge in [0.2, 0.25) is 0 Å². The largest absolute Gasteiger partial charge is 0.462 e. The molecule has 0 spiro atoms. The predicted octanol–water partition coefficient (Wildman–Crippen LogP) is 2.72. The van der Waals surface area contributed by atoms with Gasteiger partial charge in [-0.15, -0.1) is 0 Å². The van der Waals surface area contributed by atoms with E-state index in [2.05, 4.69) is 4.98 Å². The van der Waals surface area contributed by atoms with Crippen molar-refractivity contribution in [2.75, 3.05) is 12.3 Å². The number of nitrogen functional groups attached to an aromatic ring is 1. The van der Waals surface area contributed by atoms with Crippen molar-refractivity contribution in [2.24, 2.45) is 0 Å². The Labute approximate surface area is 116 Å². The maximum atomic E-state index is 11.8. The number of hydrogen-bond donors (Lipinski definition) is 1. The van der Waals surface area contributed by atoms with Gasteiger partial charge in [0.25, 0.3) is 0 Å². The fraction of sp³-hybridized carbons (Fsp3) is 0.143. The van der Waals surface area contributed by atoms with Crippen LogP contribution >= 0.6 is 11.6 Å². The summed E-state index contributed by atoms with van der Waals surface area (Å²) in [5.41, 5.74) is 7.14. The molecule has 0 radical (unpaired) electrons. The Morgan fingerprint density at radius 3 is 2.84 bits per heavy atom. The van der Waals surface area contributed by atoms with Crippen molar-refractivity contribution in [3.8, 4) is 0 Å². The molecule has 0 saturated heterocycles. The molecule has 2 rings (SSSR count). The molecule has 2 aromatic rings. The Hall–Kier alpha value is -2.07. The van der Waals surface area contributed by atoms with Gasteiger partial charge in [-0.1, -0.05) is 23.7 Å². The molecular weight excluding hydrogens is 264 g/mol. The fourth-order valence-corrected chi connectivity index (χ4v) is 1.78. The van der Waals surface area contributed by atoms with Crippen molar-refractivity contribution in [1.82, 2.24) is 4.98 Å². The maximum Gasteiger partial charge on any atom is 0.339 e. The van der Waals surface area contributed by atoms with Gasteiger partial charge < -0.3 is 10.5 Å². The summed E-state index contributed by atoms with van der Waals surface area (Å²) in [6, 6.07) is 10.5. The van der Waals surface area contributed by atoms with E-state index >= 15 is 0 Å². The average molecular weight is 277 g/mol. The van der Waals surface area contributed by atoms with Crippen molar-refractivity contribution in [2.45, 2.75) is 6.42 Å². The molecule has 1 aromatic heterocycles. The Bertz CT molecular complexity index is 573. The van der Waals surface area contributed by atoms with Gasteiger partial charge >= 0.3 is 5.97 Å². The molecule has 0 bridgehead atoms. The first-order chi connectivity index (χ1) is 9.18. The Kier molecular flexibility index (Phi) is 4.36. The summed E-state index contributed by atoms with van der Waals surface area (Å²) in [5.74, 6) is -0.478. The third kappa shape index (κ3) is 3.45.